The molecule has 2 aromatic heterocycles. The minimum atomic E-state index is -0.416. The van der Waals surface area contributed by atoms with Gasteiger partial charge in [-0.25, -0.2) is 4.39 Å². The van der Waals surface area contributed by atoms with E-state index >= 15 is 4.39 Å². The van der Waals surface area contributed by atoms with Crippen LogP contribution in [0.15, 0.2) is 48.7 Å². The summed E-state index contributed by atoms with van der Waals surface area (Å²) < 4.78 is 22.7. The van der Waals surface area contributed by atoms with Crippen LogP contribution in [0, 0.1) is 5.82 Å². The standard InChI is InChI=1S/C30H32FN5O/c31-25-26(23-12-6-10-21-9-2-3-11-22(21)23)32-19-24-27(25)33-29(34-28(24)35-15-4-1-5-16-35)37-20-30-13-7-17-36(30)18-8-14-30/h2-3,6,9-12,19H,1,4-5,7-8,13-18,20H2. The Morgan fingerprint density at radius 1 is 0.838 bits per heavy atom. The van der Waals surface area contributed by atoms with E-state index in [0.29, 0.717) is 17.7 Å². The zero-order valence-electron chi connectivity index (χ0n) is 21.1. The number of rotatable bonds is 5. The van der Waals surface area contributed by atoms with Gasteiger partial charge in [-0.05, 0) is 68.8 Å². The maximum absolute atomic E-state index is 16.3. The highest BCUT2D eigenvalue weighted by molar-refractivity contribution is 5.99. The number of piperidine rings is 1. The van der Waals surface area contributed by atoms with Crippen molar-refractivity contribution in [2.75, 3.05) is 37.7 Å². The van der Waals surface area contributed by atoms with Gasteiger partial charge in [-0.3, -0.25) is 9.88 Å². The minimum absolute atomic E-state index is 0.0779. The van der Waals surface area contributed by atoms with Gasteiger partial charge in [-0.1, -0.05) is 42.5 Å². The molecule has 0 spiro atoms. The van der Waals surface area contributed by atoms with E-state index in [4.69, 9.17) is 9.72 Å². The fourth-order valence-corrected chi connectivity index (χ4v) is 6.71. The van der Waals surface area contributed by atoms with E-state index in [2.05, 4.69) is 19.8 Å². The van der Waals surface area contributed by atoms with Gasteiger partial charge in [-0.15, -0.1) is 0 Å². The molecule has 190 valence electrons. The van der Waals surface area contributed by atoms with Crippen LogP contribution in [0.3, 0.4) is 0 Å². The van der Waals surface area contributed by atoms with Gasteiger partial charge in [0.1, 0.15) is 23.6 Å². The summed E-state index contributed by atoms with van der Waals surface area (Å²) in [5.74, 6) is 0.323. The quantitative estimate of drug-likeness (QED) is 0.338. The van der Waals surface area contributed by atoms with Gasteiger partial charge in [0.2, 0.25) is 0 Å². The second-order valence-corrected chi connectivity index (χ2v) is 10.8. The topological polar surface area (TPSA) is 54.4 Å². The molecule has 7 heteroatoms. The largest absolute Gasteiger partial charge is 0.461 e. The van der Waals surface area contributed by atoms with Crippen molar-refractivity contribution in [1.29, 1.82) is 0 Å². The Hall–Kier alpha value is -3.32. The maximum Gasteiger partial charge on any atom is 0.319 e. The van der Waals surface area contributed by atoms with Crippen LogP contribution < -0.4 is 9.64 Å². The van der Waals surface area contributed by atoms with Crippen LogP contribution in [0.1, 0.15) is 44.9 Å². The summed E-state index contributed by atoms with van der Waals surface area (Å²) in [6, 6.07) is 14.2. The molecule has 0 radical (unpaired) electrons. The monoisotopic (exact) mass is 497 g/mol. The van der Waals surface area contributed by atoms with Crippen molar-refractivity contribution in [3.63, 3.8) is 0 Å². The van der Waals surface area contributed by atoms with Gasteiger partial charge in [0.15, 0.2) is 5.82 Å². The van der Waals surface area contributed by atoms with Gasteiger partial charge >= 0.3 is 6.01 Å². The highest BCUT2D eigenvalue weighted by atomic mass is 19.1. The first-order chi connectivity index (χ1) is 18.2. The summed E-state index contributed by atoms with van der Waals surface area (Å²) in [5, 5.41) is 2.68. The Morgan fingerprint density at radius 3 is 2.46 bits per heavy atom. The number of aromatic nitrogens is 3. The molecule has 2 aromatic carbocycles. The van der Waals surface area contributed by atoms with Crippen LogP contribution >= 0.6 is 0 Å². The third-order valence-corrected chi connectivity index (χ3v) is 8.63. The second kappa shape index (κ2) is 9.21. The minimum Gasteiger partial charge on any atom is -0.461 e. The van der Waals surface area contributed by atoms with E-state index in [0.717, 1.165) is 74.0 Å². The lowest BCUT2D eigenvalue weighted by Gasteiger charge is -2.32. The number of hydrogen-bond acceptors (Lipinski definition) is 6. The molecule has 3 aliphatic rings. The molecule has 5 heterocycles. The highest BCUT2D eigenvalue weighted by Gasteiger charge is 2.45. The van der Waals surface area contributed by atoms with E-state index in [9.17, 15) is 0 Å². The van der Waals surface area contributed by atoms with Crippen molar-refractivity contribution in [2.45, 2.75) is 50.5 Å². The van der Waals surface area contributed by atoms with Crippen molar-refractivity contribution < 1.29 is 9.13 Å². The van der Waals surface area contributed by atoms with Crippen LogP contribution in [-0.2, 0) is 0 Å². The highest BCUT2D eigenvalue weighted by Crippen LogP contribution is 2.40. The lowest BCUT2D eigenvalue weighted by molar-refractivity contribution is 0.108. The molecule has 0 bridgehead atoms. The number of pyridine rings is 1. The molecule has 0 saturated carbocycles. The Morgan fingerprint density at radius 2 is 1.62 bits per heavy atom. The average Bonchev–Trinajstić information content (AvgIpc) is 3.53. The van der Waals surface area contributed by atoms with Crippen molar-refractivity contribution >= 4 is 27.5 Å². The van der Waals surface area contributed by atoms with Crippen LogP contribution in [0.5, 0.6) is 6.01 Å². The molecular weight excluding hydrogens is 465 g/mol. The molecule has 3 aliphatic heterocycles. The predicted molar refractivity (Wildman–Crippen MR) is 145 cm³/mol. The lowest BCUT2D eigenvalue weighted by Crippen LogP contribution is -2.43. The fraction of sp³-hybridized carbons (Fsp3) is 0.433. The van der Waals surface area contributed by atoms with Gasteiger partial charge < -0.3 is 9.64 Å². The van der Waals surface area contributed by atoms with Gasteiger partial charge in [0.25, 0.3) is 0 Å². The van der Waals surface area contributed by atoms with E-state index < -0.39 is 5.82 Å². The Labute approximate surface area is 216 Å². The van der Waals surface area contributed by atoms with E-state index in [-0.39, 0.29) is 17.1 Å². The summed E-state index contributed by atoms with van der Waals surface area (Å²) in [4.78, 5) is 19.0. The van der Waals surface area contributed by atoms with Crippen molar-refractivity contribution in [1.82, 2.24) is 19.9 Å². The maximum atomic E-state index is 16.3. The van der Waals surface area contributed by atoms with Crippen molar-refractivity contribution in [2.24, 2.45) is 0 Å². The van der Waals surface area contributed by atoms with Gasteiger partial charge in [-0.2, -0.15) is 9.97 Å². The number of anilines is 1. The van der Waals surface area contributed by atoms with Crippen LogP contribution in [-0.4, -0.2) is 58.2 Å². The number of halogens is 1. The molecule has 0 amide bonds. The van der Waals surface area contributed by atoms with Crippen molar-refractivity contribution in [3.05, 3.63) is 54.5 Å². The molecule has 7 rings (SSSR count). The van der Waals surface area contributed by atoms with E-state index in [1.54, 1.807) is 6.20 Å². The fourth-order valence-electron chi connectivity index (χ4n) is 6.71. The van der Waals surface area contributed by atoms with Gasteiger partial charge in [0.05, 0.1) is 10.9 Å². The smallest absolute Gasteiger partial charge is 0.319 e. The Balaban J connectivity index is 1.34. The number of hydrogen-bond donors (Lipinski definition) is 0. The van der Waals surface area contributed by atoms with Gasteiger partial charge in [0, 0.05) is 24.8 Å². The first kappa shape index (κ1) is 22.8. The molecule has 0 aliphatic carbocycles. The predicted octanol–water partition coefficient (Wildman–Crippen LogP) is 5.98. The number of benzene rings is 2. The Kier molecular flexibility index (Phi) is 5.69. The number of nitrogens with zero attached hydrogens (tertiary/aromatic N) is 5. The molecule has 0 atom stereocenters. The van der Waals surface area contributed by atoms with Crippen LogP contribution in [0.25, 0.3) is 32.9 Å². The van der Waals surface area contributed by atoms with Crippen LogP contribution in [0.4, 0.5) is 10.2 Å². The summed E-state index contributed by atoms with van der Waals surface area (Å²) in [7, 11) is 0. The first-order valence-corrected chi connectivity index (χ1v) is 13.7. The Bertz CT molecular complexity index is 1450. The zero-order valence-corrected chi connectivity index (χ0v) is 21.1. The van der Waals surface area contributed by atoms with E-state index in [1.807, 2.05) is 42.5 Å². The average molecular weight is 498 g/mol. The molecule has 4 aromatic rings. The first-order valence-electron chi connectivity index (χ1n) is 13.7. The van der Waals surface area contributed by atoms with Crippen LogP contribution in [0.2, 0.25) is 0 Å². The molecule has 37 heavy (non-hydrogen) atoms. The zero-order chi connectivity index (χ0) is 24.8. The van der Waals surface area contributed by atoms with Crippen molar-refractivity contribution in [3.8, 4) is 17.3 Å². The molecule has 3 saturated heterocycles. The van der Waals surface area contributed by atoms with E-state index in [1.165, 1.54) is 19.3 Å². The summed E-state index contributed by atoms with van der Waals surface area (Å²) >= 11 is 0. The second-order valence-electron chi connectivity index (χ2n) is 10.8. The summed E-state index contributed by atoms with van der Waals surface area (Å²) in [5.41, 5.74) is 1.45. The molecule has 6 nitrogen and oxygen atoms in total. The molecule has 3 fully saturated rings. The summed E-state index contributed by atoms with van der Waals surface area (Å²) in [6.07, 6.45) is 9.85. The molecule has 0 N–H and O–H groups in total. The SMILES string of the molecule is Fc1c(-c2cccc3ccccc23)ncc2c(N3CCCCC3)nc(OCC34CCCN3CCC4)nc12. The third-order valence-electron chi connectivity index (χ3n) is 8.63. The molecule has 0 unspecified atom stereocenters. The summed E-state index contributed by atoms with van der Waals surface area (Å²) in [6.45, 7) is 4.62. The molecular formula is C30H32FN5O. The third kappa shape index (κ3) is 3.91. The normalized spacial score (nSPS) is 19.5. The number of ether oxygens (including phenoxy) is 1. The number of fused-ring (bicyclic) bond motifs is 3. The lowest BCUT2D eigenvalue weighted by atomic mass is 9.95.